The van der Waals surface area contributed by atoms with E-state index < -0.39 is 6.03 Å². The van der Waals surface area contributed by atoms with E-state index in [1.165, 1.54) is 0 Å². The van der Waals surface area contributed by atoms with Crippen molar-refractivity contribution in [3.63, 3.8) is 0 Å². The highest BCUT2D eigenvalue weighted by Gasteiger charge is 2.33. The highest BCUT2D eigenvalue weighted by molar-refractivity contribution is 6.02. The monoisotopic (exact) mass is 546 g/mol. The molecule has 9 nitrogen and oxygen atoms in total. The third kappa shape index (κ3) is 7.31. The lowest BCUT2D eigenvalue weighted by molar-refractivity contribution is 0.0341. The number of methoxy groups -OCH3 is 1. The van der Waals surface area contributed by atoms with Gasteiger partial charge in [-0.2, -0.15) is 0 Å². The Balaban J connectivity index is 1.54. The second-order valence-electron chi connectivity index (χ2n) is 10.3. The van der Waals surface area contributed by atoms with Crippen LogP contribution in [0.4, 0.5) is 16.2 Å². The molecule has 3 aromatic carbocycles. The van der Waals surface area contributed by atoms with Gasteiger partial charge in [-0.25, -0.2) is 4.79 Å². The molecule has 3 amide bonds. The first-order valence-corrected chi connectivity index (χ1v) is 13.4. The number of hydrogen-bond acceptors (Lipinski definition) is 6. The van der Waals surface area contributed by atoms with Gasteiger partial charge in [-0.05, 0) is 62.0 Å². The maximum absolute atomic E-state index is 13.7. The van der Waals surface area contributed by atoms with Gasteiger partial charge in [-0.15, -0.1) is 0 Å². The number of aliphatic hydroxyl groups is 1. The third-order valence-corrected chi connectivity index (χ3v) is 7.06. The van der Waals surface area contributed by atoms with Crippen LogP contribution in [0, 0.1) is 5.92 Å². The molecule has 1 aliphatic rings. The van der Waals surface area contributed by atoms with Crippen molar-refractivity contribution in [3.8, 4) is 11.5 Å². The summed E-state index contributed by atoms with van der Waals surface area (Å²) in [5, 5.41) is 15.5. The molecule has 0 spiro atoms. The van der Waals surface area contributed by atoms with Gasteiger partial charge in [0, 0.05) is 36.9 Å². The molecule has 0 saturated heterocycles. The molecule has 212 valence electrons. The van der Waals surface area contributed by atoms with E-state index in [4.69, 9.17) is 9.47 Å². The lowest BCUT2D eigenvalue weighted by atomic mass is 9.99. The van der Waals surface area contributed by atoms with Gasteiger partial charge in [0.15, 0.2) is 0 Å². The average Bonchev–Trinajstić information content (AvgIpc) is 2.95. The molecule has 0 radical (unpaired) electrons. The summed E-state index contributed by atoms with van der Waals surface area (Å²) in [6.45, 7) is 5.50. The predicted molar refractivity (Wildman–Crippen MR) is 156 cm³/mol. The standard InChI is InChI=1S/C31H38N4O5/c1-21-17-35(22(2)20-36)30(37)27-16-25(33-31(38)32-24-8-6-5-7-9-24)12-15-28(27)40-29(21)19-34(3)18-23-10-13-26(39-4)14-11-23/h5-16,21-22,29,36H,17-20H2,1-4H3,(H2,32,33,38)/t21-,22-,29+/m0/s1. The van der Waals surface area contributed by atoms with E-state index in [2.05, 4.69) is 22.5 Å². The SMILES string of the molecule is COc1ccc(CN(C)C[C@H]2Oc3ccc(NC(=O)Nc4ccccc4)cc3C(=O)N([C@@H](C)CO)C[C@@H]2C)cc1. The molecular formula is C31H38N4O5. The molecule has 0 saturated carbocycles. The number of nitrogens with one attached hydrogen (secondary N) is 2. The molecule has 0 unspecified atom stereocenters. The van der Waals surface area contributed by atoms with E-state index in [0.29, 0.717) is 35.8 Å². The first-order valence-electron chi connectivity index (χ1n) is 13.4. The normalized spacial score (nSPS) is 17.8. The van der Waals surface area contributed by atoms with E-state index in [0.717, 1.165) is 17.9 Å². The summed E-state index contributed by atoms with van der Waals surface area (Å²) in [4.78, 5) is 30.1. The molecule has 1 heterocycles. The zero-order chi connectivity index (χ0) is 28.6. The van der Waals surface area contributed by atoms with Gasteiger partial charge < -0.3 is 30.1 Å². The average molecular weight is 547 g/mol. The van der Waals surface area contributed by atoms with Crippen LogP contribution in [0.1, 0.15) is 29.8 Å². The number of aliphatic hydroxyl groups excluding tert-OH is 1. The quantitative estimate of drug-likeness (QED) is 0.360. The van der Waals surface area contributed by atoms with Gasteiger partial charge in [0.05, 0.1) is 25.3 Å². The number of nitrogens with zero attached hydrogens (tertiary/aromatic N) is 2. The summed E-state index contributed by atoms with van der Waals surface area (Å²) < 4.78 is 11.7. The number of benzene rings is 3. The van der Waals surface area contributed by atoms with Gasteiger partial charge >= 0.3 is 6.03 Å². The van der Waals surface area contributed by atoms with Crippen molar-refractivity contribution in [1.82, 2.24) is 9.80 Å². The number of hydrogen-bond donors (Lipinski definition) is 3. The van der Waals surface area contributed by atoms with Crippen LogP contribution in [-0.2, 0) is 6.54 Å². The lowest BCUT2D eigenvalue weighted by Gasteiger charge is -2.38. The summed E-state index contributed by atoms with van der Waals surface area (Å²) in [6.07, 6.45) is -0.219. The highest BCUT2D eigenvalue weighted by atomic mass is 16.5. The van der Waals surface area contributed by atoms with Crippen LogP contribution in [0.15, 0.2) is 72.8 Å². The molecular weight excluding hydrogens is 508 g/mol. The van der Waals surface area contributed by atoms with Crippen molar-refractivity contribution >= 4 is 23.3 Å². The molecule has 0 fully saturated rings. The number of para-hydroxylation sites is 1. The zero-order valence-corrected chi connectivity index (χ0v) is 23.5. The minimum absolute atomic E-state index is 0.00105. The molecule has 9 heteroatoms. The molecule has 40 heavy (non-hydrogen) atoms. The maximum Gasteiger partial charge on any atom is 0.323 e. The van der Waals surface area contributed by atoms with Gasteiger partial charge in [-0.1, -0.05) is 37.3 Å². The van der Waals surface area contributed by atoms with Gasteiger partial charge in [0.25, 0.3) is 5.91 Å². The highest BCUT2D eigenvalue weighted by Crippen LogP contribution is 2.31. The minimum atomic E-state index is -0.419. The Kier molecular flexibility index (Phi) is 9.63. The number of urea groups is 1. The van der Waals surface area contributed by atoms with Crippen molar-refractivity contribution in [2.24, 2.45) is 5.92 Å². The Morgan fingerprint density at radius 2 is 1.80 bits per heavy atom. The number of carbonyl (C=O) groups excluding carboxylic acids is 2. The molecule has 0 aliphatic carbocycles. The zero-order valence-electron chi connectivity index (χ0n) is 23.5. The van der Waals surface area contributed by atoms with Crippen molar-refractivity contribution in [1.29, 1.82) is 0 Å². The fourth-order valence-electron chi connectivity index (χ4n) is 4.75. The fraction of sp³-hybridized carbons (Fsp3) is 0.355. The Morgan fingerprint density at radius 3 is 2.48 bits per heavy atom. The third-order valence-electron chi connectivity index (χ3n) is 7.06. The molecule has 3 aromatic rings. The number of ether oxygens (including phenoxy) is 2. The topological polar surface area (TPSA) is 103 Å². The molecule has 3 atom stereocenters. The predicted octanol–water partition coefficient (Wildman–Crippen LogP) is 4.69. The molecule has 0 bridgehead atoms. The Hall–Kier alpha value is -4.08. The minimum Gasteiger partial charge on any atom is -0.497 e. The van der Waals surface area contributed by atoms with E-state index in [-0.39, 0.29) is 30.6 Å². The Bertz CT molecular complexity index is 1280. The maximum atomic E-state index is 13.7. The van der Waals surface area contributed by atoms with E-state index in [1.54, 1.807) is 42.3 Å². The van der Waals surface area contributed by atoms with Crippen molar-refractivity contribution in [3.05, 3.63) is 83.9 Å². The Labute approximate surface area is 235 Å². The first kappa shape index (κ1) is 28.9. The molecule has 3 N–H and O–H groups in total. The summed E-state index contributed by atoms with van der Waals surface area (Å²) in [6, 6.07) is 21.4. The van der Waals surface area contributed by atoms with Crippen molar-refractivity contribution in [2.75, 3.05) is 44.5 Å². The van der Waals surface area contributed by atoms with Crippen LogP contribution in [0.3, 0.4) is 0 Å². The van der Waals surface area contributed by atoms with E-state index in [9.17, 15) is 14.7 Å². The van der Waals surface area contributed by atoms with Gasteiger partial charge in [0.2, 0.25) is 0 Å². The number of anilines is 2. The number of amides is 3. The second-order valence-corrected chi connectivity index (χ2v) is 10.3. The van der Waals surface area contributed by atoms with Crippen LogP contribution in [-0.4, -0.2) is 72.8 Å². The summed E-state index contributed by atoms with van der Waals surface area (Å²) in [5.41, 5.74) is 2.61. The summed E-state index contributed by atoms with van der Waals surface area (Å²) in [7, 11) is 3.69. The molecule has 4 rings (SSSR count). The van der Waals surface area contributed by atoms with Crippen molar-refractivity contribution in [2.45, 2.75) is 32.5 Å². The smallest absolute Gasteiger partial charge is 0.323 e. The van der Waals surface area contributed by atoms with E-state index in [1.807, 2.05) is 56.4 Å². The summed E-state index contributed by atoms with van der Waals surface area (Å²) >= 11 is 0. The molecule has 0 aromatic heterocycles. The second kappa shape index (κ2) is 13.3. The first-order chi connectivity index (χ1) is 19.3. The number of rotatable bonds is 9. The largest absolute Gasteiger partial charge is 0.497 e. The lowest BCUT2D eigenvalue weighted by Crippen LogP contribution is -2.49. The van der Waals surface area contributed by atoms with Crippen LogP contribution >= 0.6 is 0 Å². The number of fused-ring (bicyclic) bond motifs is 1. The van der Waals surface area contributed by atoms with Gasteiger partial charge in [-0.3, -0.25) is 9.69 Å². The van der Waals surface area contributed by atoms with Crippen LogP contribution in [0.25, 0.3) is 0 Å². The number of carbonyl (C=O) groups is 2. The van der Waals surface area contributed by atoms with Crippen LogP contribution in [0.5, 0.6) is 11.5 Å². The fourth-order valence-corrected chi connectivity index (χ4v) is 4.75. The Morgan fingerprint density at radius 1 is 1.10 bits per heavy atom. The number of likely N-dealkylation sites (N-methyl/N-ethyl adjacent to an activating group) is 1. The summed E-state index contributed by atoms with van der Waals surface area (Å²) in [5.74, 6) is 1.01. The van der Waals surface area contributed by atoms with Gasteiger partial charge in [0.1, 0.15) is 17.6 Å². The van der Waals surface area contributed by atoms with E-state index >= 15 is 0 Å². The van der Waals surface area contributed by atoms with Crippen LogP contribution in [0.2, 0.25) is 0 Å². The van der Waals surface area contributed by atoms with Crippen molar-refractivity contribution < 1.29 is 24.2 Å². The molecule has 1 aliphatic heterocycles. The van der Waals surface area contributed by atoms with Crippen LogP contribution < -0.4 is 20.1 Å².